The van der Waals surface area contributed by atoms with Crippen LogP contribution in [0.3, 0.4) is 0 Å². The molecule has 18 heavy (non-hydrogen) atoms. The molecule has 0 aliphatic carbocycles. The molecule has 100 valence electrons. The molecule has 3 heteroatoms. The van der Waals surface area contributed by atoms with Crippen LogP contribution >= 0.6 is 0 Å². The van der Waals surface area contributed by atoms with Gasteiger partial charge in [0.1, 0.15) is 0 Å². The zero-order chi connectivity index (χ0) is 13.5. The van der Waals surface area contributed by atoms with Crippen molar-refractivity contribution in [1.29, 1.82) is 0 Å². The van der Waals surface area contributed by atoms with Crippen LogP contribution < -0.4 is 11.5 Å². The number of hydrogen-bond donors (Lipinski definition) is 2. The average molecular weight is 248 g/mol. The topological polar surface area (TPSA) is 69.1 Å². The van der Waals surface area contributed by atoms with E-state index in [0.717, 1.165) is 24.8 Å². The smallest absolute Gasteiger partial charge is 0.217 e. The monoisotopic (exact) mass is 248 g/mol. The molecule has 1 aromatic rings. The van der Waals surface area contributed by atoms with Crippen LogP contribution in [0, 0.1) is 5.92 Å². The first-order valence-electron chi connectivity index (χ1n) is 6.61. The van der Waals surface area contributed by atoms with Gasteiger partial charge < -0.3 is 11.5 Å². The van der Waals surface area contributed by atoms with Gasteiger partial charge in [-0.05, 0) is 36.3 Å². The molecule has 0 aromatic heterocycles. The predicted molar refractivity (Wildman–Crippen MR) is 75.0 cm³/mol. The summed E-state index contributed by atoms with van der Waals surface area (Å²) < 4.78 is 0. The molecule has 1 atom stereocenters. The Morgan fingerprint density at radius 3 is 2.33 bits per heavy atom. The van der Waals surface area contributed by atoms with Crippen LogP contribution in [-0.2, 0) is 11.2 Å². The van der Waals surface area contributed by atoms with E-state index < -0.39 is 0 Å². The van der Waals surface area contributed by atoms with Gasteiger partial charge in [0.2, 0.25) is 5.91 Å². The van der Waals surface area contributed by atoms with Gasteiger partial charge in [0.25, 0.3) is 0 Å². The summed E-state index contributed by atoms with van der Waals surface area (Å²) in [6, 6.07) is 8.46. The van der Waals surface area contributed by atoms with Crippen LogP contribution in [0.2, 0.25) is 0 Å². The van der Waals surface area contributed by atoms with Crippen LogP contribution in [-0.4, -0.2) is 5.91 Å². The highest BCUT2D eigenvalue weighted by Gasteiger charge is 2.07. The largest absolute Gasteiger partial charge is 0.370 e. The maximum atomic E-state index is 10.6. The number of nitrogens with two attached hydrogens (primary N) is 2. The molecule has 0 aliphatic heterocycles. The highest BCUT2D eigenvalue weighted by molar-refractivity contribution is 5.73. The molecule has 0 heterocycles. The third kappa shape index (κ3) is 5.32. The molecule has 0 fully saturated rings. The van der Waals surface area contributed by atoms with Crippen molar-refractivity contribution in [3.63, 3.8) is 0 Å². The van der Waals surface area contributed by atoms with Crippen LogP contribution in [0.25, 0.3) is 0 Å². The van der Waals surface area contributed by atoms with E-state index in [1.165, 1.54) is 5.56 Å². The highest BCUT2D eigenvalue weighted by Crippen LogP contribution is 2.18. The normalized spacial score (nSPS) is 12.7. The van der Waals surface area contributed by atoms with Crippen molar-refractivity contribution >= 4 is 5.91 Å². The first kappa shape index (κ1) is 14.7. The molecule has 0 saturated carbocycles. The Kier molecular flexibility index (Phi) is 5.86. The van der Waals surface area contributed by atoms with Crippen LogP contribution in [0.1, 0.15) is 50.3 Å². The van der Waals surface area contributed by atoms with E-state index in [2.05, 4.69) is 38.1 Å². The average Bonchev–Trinajstić information content (AvgIpc) is 2.28. The predicted octanol–water partition coefficient (Wildman–Crippen LogP) is 2.54. The van der Waals surface area contributed by atoms with Gasteiger partial charge in [0.15, 0.2) is 0 Å². The number of primary amides is 1. The van der Waals surface area contributed by atoms with Gasteiger partial charge in [0, 0.05) is 12.5 Å². The summed E-state index contributed by atoms with van der Waals surface area (Å²) in [7, 11) is 0. The second-order valence-electron chi connectivity index (χ2n) is 5.30. The molecule has 0 spiro atoms. The Morgan fingerprint density at radius 1 is 1.22 bits per heavy atom. The van der Waals surface area contributed by atoms with Gasteiger partial charge in [0.05, 0.1) is 0 Å². The molecule has 0 aliphatic rings. The van der Waals surface area contributed by atoms with E-state index in [1.54, 1.807) is 0 Å². The van der Waals surface area contributed by atoms with Gasteiger partial charge in [-0.15, -0.1) is 0 Å². The summed E-state index contributed by atoms with van der Waals surface area (Å²) in [5.41, 5.74) is 13.7. The fourth-order valence-electron chi connectivity index (χ4n) is 2.04. The van der Waals surface area contributed by atoms with Crippen molar-refractivity contribution in [2.75, 3.05) is 0 Å². The summed E-state index contributed by atoms with van der Waals surface area (Å²) in [4.78, 5) is 10.6. The lowest BCUT2D eigenvalue weighted by Crippen LogP contribution is -2.14. The molecule has 1 rings (SSSR count). The van der Waals surface area contributed by atoms with Gasteiger partial charge >= 0.3 is 0 Å². The van der Waals surface area contributed by atoms with Crippen molar-refractivity contribution in [3.05, 3.63) is 35.4 Å². The maximum absolute atomic E-state index is 10.6. The SMILES string of the molecule is CC(C)Cc1ccc(C(N)CCCC(N)=O)cc1. The number of carbonyl (C=O) groups is 1. The Bertz CT molecular complexity index is 371. The van der Waals surface area contributed by atoms with Gasteiger partial charge in [-0.3, -0.25) is 4.79 Å². The minimum atomic E-state index is -0.255. The molecule has 1 aromatic carbocycles. The number of benzene rings is 1. The first-order valence-corrected chi connectivity index (χ1v) is 6.61. The lowest BCUT2D eigenvalue weighted by atomic mass is 9.97. The second-order valence-corrected chi connectivity index (χ2v) is 5.30. The molecule has 3 nitrogen and oxygen atoms in total. The van der Waals surface area contributed by atoms with E-state index in [-0.39, 0.29) is 11.9 Å². The number of rotatable bonds is 7. The highest BCUT2D eigenvalue weighted by atomic mass is 16.1. The lowest BCUT2D eigenvalue weighted by Gasteiger charge is -2.12. The summed E-state index contributed by atoms with van der Waals surface area (Å²) in [5, 5.41) is 0. The third-order valence-corrected chi connectivity index (χ3v) is 2.99. The molecular weight excluding hydrogens is 224 g/mol. The minimum absolute atomic E-state index is 0.00236. The number of hydrogen-bond acceptors (Lipinski definition) is 2. The minimum Gasteiger partial charge on any atom is -0.370 e. The summed E-state index contributed by atoms with van der Waals surface area (Å²) in [6.07, 6.45) is 3.06. The van der Waals surface area contributed by atoms with Gasteiger partial charge in [-0.25, -0.2) is 0 Å². The Labute approximate surface area is 110 Å². The fourth-order valence-corrected chi connectivity index (χ4v) is 2.04. The van der Waals surface area contributed by atoms with Crippen LogP contribution in [0.4, 0.5) is 0 Å². The number of carbonyl (C=O) groups excluding carboxylic acids is 1. The van der Waals surface area contributed by atoms with E-state index >= 15 is 0 Å². The summed E-state index contributed by atoms with van der Waals surface area (Å²) >= 11 is 0. The van der Waals surface area contributed by atoms with Crippen molar-refractivity contribution in [2.45, 2.75) is 45.6 Å². The Morgan fingerprint density at radius 2 is 1.83 bits per heavy atom. The van der Waals surface area contributed by atoms with Crippen LogP contribution in [0.15, 0.2) is 24.3 Å². The van der Waals surface area contributed by atoms with E-state index in [4.69, 9.17) is 11.5 Å². The van der Waals surface area contributed by atoms with Gasteiger partial charge in [-0.2, -0.15) is 0 Å². The van der Waals surface area contributed by atoms with Gasteiger partial charge in [-0.1, -0.05) is 38.1 Å². The quantitative estimate of drug-likeness (QED) is 0.778. The zero-order valence-corrected chi connectivity index (χ0v) is 11.4. The maximum Gasteiger partial charge on any atom is 0.217 e. The van der Waals surface area contributed by atoms with E-state index in [0.29, 0.717) is 12.3 Å². The fraction of sp³-hybridized carbons (Fsp3) is 0.533. The lowest BCUT2D eigenvalue weighted by molar-refractivity contribution is -0.118. The van der Waals surface area contributed by atoms with Crippen molar-refractivity contribution in [1.82, 2.24) is 0 Å². The standard InChI is InChI=1S/C15H24N2O/c1-11(2)10-12-6-8-13(9-7-12)14(16)4-3-5-15(17)18/h6-9,11,14H,3-5,10,16H2,1-2H3,(H2,17,18). The van der Waals surface area contributed by atoms with E-state index in [9.17, 15) is 4.79 Å². The Balaban J connectivity index is 2.48. The molecule has 1 amide bonds. The molecule has 0 bridgehead atoms. The molecule has 0 radical (unpaired) electrons. The summed E-state index contributed by atoms with van der Waals surface area (Å²) in [5.74, 6) is 0.412. The first-order chi connectivity index (χ1) is 8.49. The number of amides is 1. The summed E-state index contributed by atoms with van der Waals surface area (Å²) in [6.45, 7) is 4.42. The molecule has 1 unspecified atom stereocenters. The third-order valence-electron chi connectivity index (χ3n) is 2.99. The van der Waals surface area contributed by atoms with Crippen molar-refractivity contribution in [3.8, 4) is 0 Å². The molecule has 4 N–H and O–H groups in total. The van der Waals surface area contributed by atoms with Crippen LogP contribution in [0.5, 0.6) is 0 Å². The van der Waals surface area contributed by atoms with E-state index in [1.807, 2.05) is 0 Å². The molecule has 0 saturated heterocycles. The van der Waals surface area contributed by atoms with Crippen molar-refractivity contribution < 1.29 is 4.79 Å². The Hall–Kier alpha value is -1.35. The second kappa shape index (κ2) is 7.17. The van der Waals surface area contributed by atoms with Crippen molar-refractivity contribution in [2.24, 2.45) is 17.4 Å². The molecular formula is C15H24N2O. The zero-order valence-electron chi connectivity index (χ0n) is 11.4.